The number of pyridine rings is 1. The molecule has 30 heavy (non-hydrogen) atoms. The highest BCUT2D eigenvalue weighted by atomic mass is 35.5. The van der Waals surface area contributed by atoms with E-state index in [1.54, 1.807) is 23.7 Å². The third kappa shape index (κ3) is 5.63. The number of hydrogen-bond donors (Lipinski definition) is 1. The van der Waals surface area contributed by atoms with Gasteiger partial charge in [0.25, 0.3) is 0 Å². The molecule has 0 saturated heterocycles. The molecule has 1 amide bonds. The number of thioether (sulfide) groups is 1. The molecule has 0 aliphatic carbocycles. The van der Waals surface area contributed by atoms with E-state index in [-0.39, 0.29) is 29.2 Å². The smallest absolute Gasteiger partial charge is 0.416 e. The minimum atomic E-state index is -4.45. The Labute approximate surface area is 178 Å². The van der Waals surface area contributed by atoms with Crippen molar-refractivity contribution in [2.75, 3.05) is 11.1 Å². The predicted octanol–water partition coefficient (Wildman–Crippen LogP) is 4.19. The molecule has 0 spiro atoms. The number of nitrogens with one attached hydrogen (secondary N) is 1. The molecule has 3 aromatic rings. The topological polar surface area (TPSA) is 81.9 Å². The Hall–Kier alpha value is -2.79. The van der Waals surface area contributed by atoms with Crippen molar-refractivity contribution in [1.29, 1.82) is 0 Å². The van der Waals surface area contributed by atoms with Crippen LogP contribution in [0.5, 0.6) is 5.75 Å². The lowest BCUT2D eigenvalue weighted by Gasteiger charge is -2.10. The average molecular weight is 458 g/mol. The Morgan fingerprint density at radius 2 is 2.07 bits per heavy atom. The van der Waals surface area contributed by atoms with Crippen LogP contribution in [0.1, 0.15) is 11.4 Å². The second-order valence-corrected chi connectivity index (χ2v) is 7.25. The van der Waals surface area contributed by atoms with Crippen molar-refractivity contribution < 1.29 is 22.7 Å². The molecule has 7 nitrogen and oxygen atoms in total. The molecule has 1 aromatic carbocycles. The lowest BCUT2D eigenvalue weighted by molar-refractivity contribution is -0.137. The van der Waals surface area contributed by atoms with Crippen molar-refractivity contribution in [3.05, 3.63) is 59.1 Å². The lowest BCUT2D eigenvalue weighted by Crippen LogP contribution is -2.15. The molecule has 0 unspecified atom stereocenters. The minimum Gasteiger partial charge on any atom is -0.486 e. The van der Waals surface area contributed by atoms with Gasteiger partial charge in [0, 0.05) is 13.2 Å². The van der Waals surface area contributed by atoms with Crippen molar-refractivity contribution in [2.45, 2.75) is 17.9 Å². The highest BCUT2D eigenvalue weighted by Crippen LogP contribution is 2.31. The Bertz CT molecular complexity index is 1040. The van der Waals surface area contributed by atoms with Gasteiger partial charge in [-0.25, -0.2) is 4.98 Å². The zero-order valence-electron chi connectivity index (χ0n) is 15.5. The number of nitrogens with zero attached hydrogens (tertiary/aromatic N) is 4. The number of amides is 1. The van der Waals surface area contributed by atoms with Gasteiger partial charge in [-0.15, -0.1) is 10.2 Å². The first-order chi connectivity index (χ1) is 14.2. The number of anilines is 1. The molecule has 12 heteroatoms. The molecule has 0 aliphatic rings. The maximum Gasteiger partial charge on any atom is 0.416 e. The molecule has 0 atom stereocenters. The van der Waals surface area contributed by atoms with E-state index in [4.69, 9.17) is 16.3 Å². The van der Waals surface area contributed by atoms with Crippen LogP contribution in [0.4, 0.5) is 18.9 Å². The first-order valence-electron chi connectivity index (χ1n) is 8.45. The first-order valence-corrected chi connectivity index (χ1v) is 9.82. The van der Waals surface area contributed by atoms with Crippen molar-refractivity contribution in [3.63, 3.8) is 0 Å². The molecule has 2 heterocycles. The zero-order chi connectivity index (χ0) is 21.7. The fraction of sp³-hybridized carbons (Fsp3) is 0.222. The quantitative estimate of drug-likeness (QED) is 0.423. The van der Waals surface area contributed by atoms with E-state index in [1.165, 1.54) is 18.3 Å². The number of alkyl halides is 3. The first kappa shape index (κ1) is 21.9. The van der Waals surface area contributed by atoms with Crippen molar-refractivity contribution in [3.8, 4) is 5.75 Å². The van der Waals surface area contributed by atoms with Crippen molar-refractivity contribution in [1.82, 2.24) is 19.7 Å². The van der Waals surface area contributed by atoms with Crippen molar-refractivity contribution >= 4 is 35.0 Å². The van der Waals surface area contributed by atoms with Gasteiger partial charge in [-0.05, 0) is 30.3 Å². The van der Waals surface area contributed by atoms with Crippen LogP contribution in [-0.4, -0.2) is 31.4 Å². The third-order valence-electron chi connectivity index (χ3n) is 3.82. The molecule has 0 saturated carbocycles. The van der Waals surface area contributed by atoms with Gasteiger partial charge in [-0.2, -0.15) is 13.2 Å². The molecule has 158 valence electrons. The number of rotatable bonds is 7. The standard InChI is InChI=1S/C18H15ClF3N5O2S/c1-27-14(9-29-12-5-2-4-11(8-12)18(20,21)22)25-26-17(27)30-10-15(28)24-13-6-3-7-23-16(13)19/h2-8H,9-10H2,1H3,(H,24,28). The number of carbonyl (C=O) groups is 1. The van der Waals surface area contributed by atoms with Gasteiger partial charge in [0.1, 0.15) is 12.4 Å². The average Bonchev–Trinajstić information content (AvgIpc) is 3.06. The Kier molecular flexibility index (Phi) is 6.83. The summed E-state index contributed by atoms with van der Waals surface area (Å²) in [6, 6.07) is 7.85. The summed E-state index contributed by atoms with van der Waals surface area (Å²) in [5, 5.41) is 11.2. The van der Waals surface area contributed by atoms with Gasteiger partial charge in [0.2, 0.25) is 5.91 Å². The Morgan fingerprint density at radius 3 is 2.80 bits per heavy atom. The van der Waals surface area contributed by atoms with Crippen LogP contribution in [-0.2, 0) is 24.6 Å². The van der Waals surface area contributed by atoms with E-state index < -0.39 is 11.7 Å². The van der Waals surface area contributed by atoms with Crippen LogP contribution in [0.25, 0.3) is 0 Å². The molecule has 0 aliphatic heterocycles. The molecular weight excluding hydrogens is 443 g/mol. The number of halogens is 4. The molecule has 1 N–H and O–H groups in total. The second kappa shape index (κ2) is 9.35. The van der Waals surface area contributed by atoms with E-state index in [0.29, 0.717) is 16.7 Å². The second-order valence-electron chi connectivity index (χ2n) is 5.95. The summed E-state index contributed by atoms with van der Waals surface area (Å²) in [6.07, 6.45) is -2.94. The molecule has 0 fully saturated rings. The summed E-state index contributed by atoms with van der Waals surface area (Å²) in [6.45, 7) is -0.0805. The fourth-order valence-electron chi connectivity index (χ4n) is 2.30. The highest BCUT2D eigenvalue weighted by Gasteiger charge is 2.30. The van der Waals surface area contributed by atoms with E-state index in [2.05, 4.69) is 20.5 Å². The normalized spacial score (nSPS) is 11.4. The van der Waals surface area contributed by atoms with E-state index in [1.807, 2.05) is 0 Å². The molecule has 2 aromatic heterocycles. The van der Waals surface area contributed by atoms with Gasteiger partial charge in [-0.1, -0.05) is 29.4 Å². The van der Waals surface area contributed by atoms with Crippen molar-refractivity contribution in [2.24, 2.45) is 7.05 Å². The van der Waals surface area contributed by atoms with Crippen LogP contribution in [0.15, 0.2) is 47.8 Å². The van der Waals surface area contributed by atoms with Crippen LogP contribution < -0.4 is 10.1 Å². The minimum absolute atomic E-state index is 0.0473. The van der Waals surface area contributed by atoms with Gasteiger partial charge < -0.3 is 14.6 Å². The molecule has 3 rings (SSSR count). The van der Waals surface area contributed by atoms with E-state index >= 15 is 0 Å². The highest BCUT2D eigenvalue weighted by molar-refractivity contribution is 7.99. The van der Waals surface area contributed by atoms with Crippen LogP contribution >= 0.6 is 23.4 Å². The summed E-state index contributed by atoms with van der Waals surface area (Å²) in [5.41, 5.74) is -0.396. The number of ether oxygens (including phenoxy) is 1. The summed E-state index contributed by atoms with van der Waals surface area (Å²) in [5.74, 6) is 0.200. The molecule has 0 radical (unpaired) electrons. The maximum absolute atomic E-state index is 12.8. The SMILES string of the molecule is Cn1c(COc2cccc(C(F)(F)F)c2)nnc1SCC(=O)Nc1cccnc1Cl. The third-order valence-corrected chi connectivity index (χ3v) is 5.14. The summed E-state index contributed by atoms with van der Waals surface area (Å²) < 4.78 is 45.3. The van der Waals surface area contributed by atoms with Crippen LogP contribution in [0, 0.1) is 0 Å². The summed E-state index contributed by atoms with van der Waals surface area (Å²) in [4.78, 5) is 16.0. The Balaban J connectivity index is 1.56. The lowest BCUT2D eigenvalue weighted by atomic mass is 10.2. The number of aromatic nitrogens is 4. The maximum atomic E-state index is 12.8. The largest absolute Gasteiger partial charge is 0.486 e. The van der Waals surface area contributed by atoms with Crippen LogP contribution in [0.3, 0.4) is 0 Å². The van der Waals surface area contributed by atoms with E-state index in [9.17, 15) is 18.0 Å². The summed E-state index contributed by atoms with van der Waals surface area (Å²) in [7, 11) is 1.67. The number of carbonyl (C=O) groups excluding carboxylic acids is 1. The van der Waals surface area contributed by atoms with Gasteiger partial charge >= 0.3 is 6.18 Å². The summed E-state index contributed by atoms with van der Waals surface area (Å²) >= 11 is 7.04. The monoisotopic (exact) mass is 457 g/mol. The van der Waals surface area contributed by atoms with Crippen LogP contribution in [0.2, 0.25) is 5.15 Å². The van der Waals surface area contributed by atoms with E-state index in [0.717, 1.165) is 23.9 Å². The Morgan fingerprint density at radius 1 is 1.27 bits per heavy atom. The van der Waals surface area contributed by atoms with Gasteiger partial charge in [0.05, 0.1) is 17.0 Å². The van der Waals surface area contributed by atoms with Gasteiger partial charge in [0.15, 0.2) is 16.1 Å². The number of benzene rings is 1. The van der Waals surface area contributed by atoms with Gasteiger partial charge in [-0.3, -0.25) is 4.79 Å². The number of hydrogen-bond acceptors (Lipinski definition) is 6. The fourth-order valence-corrected chi connectivity index (χ4v) is 3.20. The molecule has 0 bridgehead atoms. The molecular formula is C18H15ClF3N5O2S. The zero-order valence-corrected chi connectivity index (χ0v) is 17.1. The predicted molar refractivity (Wildman–Crippen MR) is 105 cm³/mol.